The molecule has 2 aromatic rings. The van der Waals surface area contributed by atoms with E-state index in [0.717, 1.165) is 11.1 Å². The molecule has 28 heavy (non-hydrogen) atoms. The van der Waals surface area contributed by atoms with E-state index >= 15 is 0 Å². The molecule has 0 fully saturated rings. The highest BCUT2D eigenvalue weighted by Gasteiger charge is 2.21. The van der Waals surface area contributed by atoms with Crippen LogP contribution in [0.25, 0.3) is 0 Å². The molecule has 0 radical (unpaired) electrons. The average molecular weight is 384 g/mol. The van der Waals surface area contributed by atoms with Crippen molar-refractivity contribution in [3.8, 4) is 5.75 Å². The molecule has 0 aromatic heterocycles. The summed E-state index contributed by atoms with van der Waals surface area (Å²) in [6.45, 7) is 6.62. The van der Waals surface area contributed by atoms with Crippen molar-refractivity contribution in [3.63, 3.8) is 0 Å². The van der Waals surface area contributed by atoms with Gasteiger partial charge in [0.2, 0.25) is 0 Å². The van der Waals surface area contributed by atoms with Crippen molar-refractivity contribution >= 4 is 17.5 Å². The SMILES string of the molecule is CC[C@@H](Oc1cc(C)ccc1C)C(=O)Nc1ccccc1C(=O)NCCOC. The summed E-state index contributed by atoms with van der Waals surface area (Å²) >= 11 is 0. The molecular weight excluding hydrogens is 356 g/mol. The fourth-order valence-electron chi connectivity index (χ4n) is 2.67. The molecule has 6 nitrogen and oxygen atoms in total. The first-order valence-corrected chi connectivity index (χ1v) is 9.37. The van der Waals surface area contributed by atoms with Crippen LogP contribution in [0.1, 0.15) is 34.8 Å². The Labute approximate surface area is 166 Å². The number of carbonyl (C=O) groups is 2. The third-order valence-corrected chi connectivity index (χ3v) is 4.30. The van der Waals surface area contributed by atoms with Crippen molar-refractivity contribution in [1.29, 1.82) is 0 Å². The molecule has 0 saturated carbocycles. The van der Waals surface area contributed by atoms with Crippen molar-refractivity contribution < 1.29 is 19.1 Å². The fraction of sp³-hybridized carbons (Fsp3) is 0.364. The number of amides is 2. The summed E-state index contributed by atoms with van der Waals surface area (Å²) in [5.74, 6) is 0.129. The van der Waals surface area contributed by atoms with E-state index in [2.05, 4.69) is 10.6 Å². The quantitative estimate of drug-likeness (QED) is 0.649. The molecule has 0 spiro atoms. The van der Waals surface area contributed by atoms with Crippen molar-refractivity contribution in [1.82, 2.24) is 5.32 Å². The molecule has 0 saturated heterocycles. The number of hydrogen-bond acceptors (Lipinski definition) is 4. The predicted octanol–water partition coefficient (Wildman–Crippen LogP) is 3.48. The van der Waals surface area contributed by atoms with Gasteiger partial charge < -0.3 is 20.1 Å². The first-order valence-electron chi connectivity index (χ1n) is 9.37. The van der Waals surface area contributed by atoms with Gasteiger partial charge in [-0.25, -0.2) is 0 Å². The zero-order chi connectivity index (χ0) is 20.5. The summed E-state index contributed by atoms with van der Waals surface area (Å²) in [5, 5.41) is 5.59. The minimum absolute atomic E-state index is 0.267. The number of benzene rings is 2. The van der Waals surface area contributed by atoms with E-state index in [9.17, 15) is 9.59 Å². The van der Waals surface area contributed by atoms with E-state index < -0.39 is 6.10 Å². The van der Waals surface area contributed by atoms with Gasteiger partial charge in [0.25, 0.3) is 11.8 Å². The molecule has 2 rings (SSSR count). The standard InChI is InChI=1S/C22H28N2O4/c1-5-19(28-20-14-15(2)10-11-16(20)3)22(26)24-18-9-7-6-8-17(18)21(25)23-12-13-27-4/h6-11,14,19H,5,12-13H2,1-4H3,(H,23,25)(H,24,26)/t19-/m1/s1. The van der Waals surface area contributed by atoms with Gasteiger partial charge in [-0.05, 0) is 49.6 Å². The third kappa shape index (κ3) is 5.82. The Morgan fingerprint density at radius 1 is 1.11 bits per heavy atom. The number of anilines is 1. The normalized spacial score (nSPS) is 11.6. The van der Waals surface area contributed by atoms with Gasteiger partial charge >= 0.3 is 0 Å². The Bertz CT molecular complexity index is 820. The number of hydrogen-bond donors (Lipinski definition) is 2. The Kier molecular flexibility index (Phi) is 8.02. The minimum Gasteiger partial charge on any atom is -0.480 e. The molecule has 150 valence electrons. The second-order valence-electron chi connectivity index (χ2n) is 6.57. The molecule has 1 atom stereocenters. The van der Waals surface area contributed by atoms with Gasteiger partial charge in [0.1, 0.15) is 5.75 Å². The van der Waals surface area contributed by atoms with Gasteiger partial charge in [-0.3, -0.25) is 9.59 Å². The summed E-state index contributed by atoms with van der Waals surface area (Å²) in [6.07, 6.45) is -0.161. The number of rotatable bonds is 9. The second-order valence-corrected chi connectivity index (χ2v) is 6.57. The zero-order valence-electron chi connectivity index (χ0n) is 16.9. The lowest BCUT2D eigenvalue weighted by Crippen LogP contribution is -2.34. The molecule has 6 heteroatoms. The van der Waals surface area contributed by atoms with E-state index in [1.54, 1.807) is 31.4 Å². The molecule has 2 N–H and O–H groups in total. The third-order valence-electron chi connectivity index (χ3n) is 4.30. The molecule has 2 aromatic carbocycles. The molecule has 0 unspecified atom stereocenters. The first kappa shape index (κ1) is 21.4. The van der Waals surface area contributed by atoms with E-state index in [1.807, 2.05) is 39.0 Å². The van der Waals surface area contributed by atoms with Crippen LogP contribution in [0.15, 0.2) is 42.5 Å². The summed E-state index contributed by atoms with van der Waals surface area (Å²) in [5.41, 5.74) is 2.88. The number of nitrogens with one attached hydrogen (secondary N) is 2. The molecule has 0 heterocycles. The average Bonchev–Trinajstić information content (AvgIpc) is 2.69. The Hall–Kier alpha value is -2.86. The van der Waals surface area contributed by atoms with Gasteiger partial charge in [0.05, 0.1) is 17.9 Å². The summed E-state index contributed by atoms with van der Waals surface area (Å²) in [6, 6.07) is 12.8. The summed E-state index contributed by atoms with van der Waals surface area (Å²) < 4.78 is 10.9. The van der Waals surface area contributed by atoms with Crippen molar-refractivity contribution in [2.45, 2.75) is 33.3 Å². The Balaban J connectivity index is 2.12. The van der Waals surface area contributed by atoms with Crippen molar-refractivity contribution in [3.05, 3.63) is 59.2 Å². The largest absolute Gasteiger partial charge is 0.480 e. The predicted molar refractivity (Wildman–Crippen MR) is 110 cm³/mol. The number of carbonyl (C=O) groups excluding carboxylic acids is 2. The maximum Gasteiger partial charge on any atom is 0.265 e. The minimum atomic E-state index is -0.662. The van der Waals surface area contributed by atoms with E-state index in [4.69, 9.17) is 9.47 Å². The van der Waals surface area contributed by atoms with Gasteiger partial charge in [0.15, 0.2) is 6.10 Å². The summed E-state index contributed by atoms with van der Waals surface area (Å²) in [4.78, 5) is 25.2. The fourth-order valence-corrected chi connectivity index (χ4v) is 2.67. The Morgan fingerprint density at radius 2 is 1.86 bits per heavy atom. The van der Waals surface area contributed by atoms with Crippen LogP contribution in [-0.2, 0) is 9.53 Å². The van der Waals surface area contributed by atoms with Crippen LogP contribution in [0.4, 0.5) is 5.69 Å². The van der Waals surface area contributed by atoms with Crippen molar-refractivity contribution in [2.24, 2.45) is 0 Å². The van der Waals surface area contributed by atoms with Crippen LogP contribution in [0.5, 0.6) is 5.75 Å². The maximum atomic E-state index is 12.8. The number of para-hydroxylation sites is 1. The number of ether oxygens (including phenoxy) is 2. The summed E-state index contributed by atoms with van der Waals surface area (Å²) in [7, 11) is 1.57. The highest BCUT2D eigenvalue weighted by molar-refractivity contribution is 6.04. The van der Waals surface area contributed by atoms with Gasteiger partial charge in [-0.1, -0.05) is 31.2 Å². The van der Waals surface area contributed by atoms with Crippen LogP contribution in [0.3, 0.4) is 0 Å². The molecule has 0 aliphatic carbocycles. The monoisotopic (exact) mass is 384 g/mol. The lowest BCUT2D eigenvalue weighted by molar-refractivity contribution is -0.122. The Morgan fingerprint density at radius 3 is 2.57 bits per heavy atom. The highest BCUT2D eigenvalue weighted by Crippen LogP contribution is 2.22. The first-order chi connectivity index (χ1) is 13.5. The molecule has 0 aliphatic rings. The number of methoxy groups -OCH3 is 1. The van der Waals surface area contributed by atoms with Crippen LogP contribution in [0.2, 0.25) is 0 Å². The topological polar surface area (TPSA) is 76.7 Å². The van der Waals surface area contributed by atoms with Crippen LogP contribution >= 0.6 is 0 Å². The van der Waals surface area contributed by atoms with Crippen LogP contribution in [-0.4, -0.2) is 38.2 Å². The van der Waals surface area contributed by atoms with E-state index in [1.165, 1.54) is 0 Å². The lowest BCUT2D eigenvalue weighted by Gasteiger charge is -2.20. The molecule has 0 bridgehead atoms. The van der Waals surface area contributed by atoms with Gasteiger partial charge in [-0.2, -0.15) is 0 Å². The van der Waals surface area contributed by atoms with Crippen molar-refractivity contribution in [2.75, 3.05) is 25.6 Å². The molecular formula is C22H28N2O4. The smallest absolute Gasteiger partial charge is 0.265 e. The second kappa shape index (κ2) is 10.5. The molecule has 0 aliphatic heterocycles. The number of aryl methyl sites for hydroxylation is 2. The van der Waals surface area contributed by atoms with Gasteiger partial charge in [0, 0.05) is 13.7 Å². The maximum absolute atomic E-state index is 12.8. The van der Waals surface area contributed by atoms with E-state index in [-0.39, 0.29) is 11.8 Å². The molecule has 2 amide bonds. The van der Waals surface area contributed by atoms with E-state index in [0.29, 0.717) is 36.6 Å². The highest BCUT2D eigenvalue weighted by atomic mass is 16.5. The van der Waals surface area contributed by atoms with Crippen LogP contribution < -0.4 is 15.4 Å². The zero-order valence-corrected chi connectivity index (χ0v) is 16.9. The lowest BCUT2D eigenvalue weighted by atomic mass is 10.1. The van der Waals surface area contributed by atoms with Crippen LogP contribution in [0, 0.1) is 13.8 Å². The van der Waals surface area contributed by atoms with Gasteiger partial charge in [-0.15, -0.1) is 0 Å².